The number of amides is 1. The van der Waals surface area contributed by atoms with Gasteiger partial charge in [-0.3, -0.25) is 4.79 Å². The zero-order valence-corrected chi connectivity index (χ0v) is 16.6. The number of aromatic nitrogens is 2. The fourth-order valence-electron chi connectivity index (χ4n) is 3.09. The van der Waals surface area contributed by atoms with Crippen molar-refractivity contribution in [2.75, 3.05) is 33.1 Å². The van der Waals surface area contributed by atoms with E-state index in [2.05, 4.69) is 10.2 Å². The molecule has 0 radical (unpaired) electrons. The van der Waals surface area contributed by atoms with Crippen LogP contribution in [0.3, 0.4) is 0 Å². The minimum Gasteiger partial charge on any atom is -0.493 e. The van der Waals surface area contributed by atoms with Crippen molar-refractivity contribution >= 4 is 17.7 Å². The van der Waals surface area contributed by atoms with Crippen LogP contribution in [0.5, 0.6) is 11.5 Å². The van der Waals surface area contributed by atoms with E-state index in [4.69, 9.17) is 9.47 Å². The van der Waals surface area contributed by atoms with Crippen LogP contribution in [0.4, 0.5) is 0 Å². The molecule has 1 aromatic carbocycles. The van der Waals surface area contributed by atoms with Gasteiger partial charge < -0.3 is 14.4 Å². The molecule has 1 aromatic heterocycles. The molecule has 6 nitrogen and oxygen atoms in total. The molecule has 0 saturated carbocycles. The Morgan fingerprint density at radius 2 is 1.74 bits per heavy atom. The summed E-state index contributed by atoms with van der Waals surface area (Å²) in [5.41, 5.74) is 1.65. The van der Waals surface area contributed by atoms with Crippen molar-refractivity contribution in [1.82, 2.24) is 15.1 Å². The molecule has 1 amide bonds. The molecule has 1 aliphatic heterocycles. The first kappa shape index (κ1) is 19.5. The van der Waals surface area contributed by atoms with E-state index in [0.717, 1.165) is 42.2 Å². The van der Waals surface area contributed by atoms with Gasteiger partial charge in [-0.2, -0.15) is 0 Å². The highest BCUT2D eigenvalue weighted by atomic mass is 32.2. The third-order valence-corrected chi connectivity index (χ3v) is 5.53. The van der Waals surface area contributed by atoms with Crippen molar-refractivity contribution in [3.05, 3.63) is 30.3 Å². The van der Waals surface area contributed by atoms with Gasteiger partial charge in [-0.15, -0.1) is 10.2 Å². The number of nitrogens with zero attached hydrogens (tertiary/aromatic N) is 3. The van der Waals surface area contributed by atoms with Crippen LogP contribution in [0.15, 0.2) is 35.4 Å². The minimum absolute atomic E-state index is 0.188. The Bertz CT molecular complexity index is 760. The summed E-state index contributed by atoms with van der Waals surface area (Å²) in [5.74, 6) is 1.92. The second-order valence-corrected chi connectivity index (χ2v) is 7.41. The molecule has 7 heteroatoms. The van der Waals surface area contributed by atoms with E-state index < -0.39 is 0 Å². The molecule has 1 fully saturated rings. The molecule has 3 rings (SSSR count). The van der Waals surface area contributed by atoms with E-state index in [9.17, 15) is 4.79 Å². The van der Waals surface area contributed by atoms with Crippen molar-refractivity contribution in [2.24, 2.45) is 0 Å². The number of ether oxygens (including phenoxy) is 2. The quantitative estimate of drug-likeness (QED) is 0.705. The number of hydrogen-bond acceptors (Lipinski definition) is 6. The average Bonchev–Trinajstić information content (AvgIpc) is 3.01. The van der Waals surface area contributed by atoms with E-state index in [0.29, 0.717) is 17.3 Å². The lowest BCUT2D eigenvalue weighted by atomic mass is 10.1. The van der Waals surface area contributed by atoms with Gasteiger partial charge in [-0.05, 0) is 43.2 Å². The Morgan fingerprint density at radius 3 is 2.37 bits per heavy atom. The summed E-state index contributed by atoms with van der Waals surface area (Å²) < 4.78 is 10.6. The van der Waals surface area contributed by atoms with Gasteiger partial charge in [0.2, 0.25) is 5.91 Å². The maximum atomic E-state index is 12.4. The fourth-order valence-corrected chi connectivity index (χ4v) is 3.81. The van der Waals surface area contributed by atoms with Gasteiger partial charge in [-0.25, -0.2) is 0 Å². The van der Waals surface area contributed by atoms with Crippen LogP contribution < -0.4 is 9.47 Å². The van der Waals surface area contributed by atoms with Crippen molar-refractivity contribution < 1.29 is 14.3 Å². The first-order valence-corrected chi connectivity index (χ1v) is 10.2. The number of methoxy groups -OCH3 is 2. The number of hydrogen-bond donors (Lipinski definition) is 0. The van der Waals surface area contributed by atoms with Gasteiger partial charge >= 0.3 is 0 Å². The summed E-state index contributed by atoms with van der Waals surface area (Å²) in [6, 6.07) is 9.45. The third kappa shape index (κ3) is 5.13. The SMILES string of the molecule is COc1ccc(-c2ccc(SCC(=O)N3CCCCCC3)nn2)cc1OC. The summed E-state index contributed by atoms with van der Waals surface area (Å²) in [4.78, 5) is 14.4. The van der Waals surface area contributed by atoms with E-state index in [-0.39, 0.29) is 5.91 Å². The number of likely N-dealkylation sites (tertiary alicyclic amines) is 1. The standard InChI is InChI=1S/C20H25N3O3S/c1-25-17-9-7-15(13-18(17)26-2)16-8-10-19(22-21-16)27-14-20(24)23-11-5-3-4-6-12-23/h7-10,13H,3-6,11-12,14H2,1-2H3. The Balaban J connectivity index is 1.61. The zero-order valence-electron chi connectivity index (χ0n) is 15.8. The van der Waals surface area contributed by atoms with Gasteiger partial charge in [0.05, 0.1) is 25.7 Å². The molecular weight excluding hydrogens is 362 g/mol. The van der Waals surface area contributed by atoms with Crippen LogP contribution in [0.25, 0.3) is 11.3 Å². The minimum atomic E-state index is 0.188. The lowest BCUT2D eigenvalue weighted by Gasteiger charge is -2.19. The second kappa shape index (κ2) is 9.60. The Hall–Kier alpha value is -2.28. The van der Waals surface area contributed by atoms with Gasteiger partial charge in [0, 0.05) is 18.7 Å². The average molecular weight is 388 g/mol. The van der Waals surface area contributed by atoms with Gasteiger partial charge in [-0.1, -0.05) is 24.6 Å². The maximum Gasteiger partial charge on any atom is 0.232 e. The smallest absolute Gasteiger partial charge is 0.232 e. The number of carbonyl (C=O) groups is 1. The second-order valence-electron chi connectivity index (χ2n) is 6.41. The molecule has 1 aliphatic rings. The van der Waals surface area contributed by atoms with Crippen LogP contribution in [-0.2, 0) is 4.79 Å². The first-order valence-electron chi connectivity index (χ1n) is 9.18. The molecule has 2 heterocycles. The number of thioether (sulfide) groups is 1. The summed E-state index contributed by atoms with van der Waals surface area (Å²) in [6.45, 7) is 1.76. The highest BCUT2D eigenvalue weighted by Gasteiger charge is 2.16. The van der Waals surface area contributed by atoms with Crippen molar-refractivity contribution in [3.63, 3.8) is 0 Å². The summed E-state index contributed by atoms with van der Waals surface area (Å²) in [5, 5.41) is 9.30. The van der Waals surface area contributed by atoms with Crippen LogP contribution in [0.1, 0.15) is 25.7 Å². The summed E-state index contributed by atoms with van der Waals surface area (Å²) in [7, 11) is 3.21. The number of rotatable bonds is 6. The van der Waals surface area contributed by atoms with Crippen molar-refractivity contribution in [1.29, 1.82) is 0 Å². The molecule has 0 N–H and O–H groups in total. The normalized spacial score (nSPS) is 14.5. The van der Waals surface area contributed by atoms with Crippen molar-refractivity contribution in [3.8, 4) is 22.8 Å². The predicted octanol–water partition coefficient (Wildman–Crippen LogP) is 3.66. The van der Waals surface area contributed by atoms with Gasteiger partial charge in [0.15, 0.2) is 11.5 Å². The number of benzene rings is 1. The molecule has 0 bridgehead atoms. The van der Waals surface area contributed by atoms with E-state index in [1.165, 1.54) is 24.6 Å². The first-order chi connectivity index (χ1) is 13.2. The molecular formula is C20H25N3O3S. The Labute approximate surface area is 164 Å². The van der Waals surface area contributed by atoms with E-state index in [1.54, 1.807) is 14.2 Å². The van der Waals surface area contributed by atoms with Crippen LogP contribution in [0.2, 0.25) is 0 Å². The molecule has 0 unspecified atom stereocenters. The summed E-state index contributed by atoms with van der Waals surface area (Å²) >= 11 is 1.44. The third-order valence-electron chi connectivity index (χ3n) is 4.62. The van der Waals surface area contributed by atoms with Crippen LogP contribution in [0, 0.1) is 0 Å². The van der Waals surface area contributed by atoms with Crippen LogP contribution >= 0.6 is 11.8 Å². The Morgan fingerprint density at radius 1 is 1.00 bits per heavy atom. The molecule has 0 spiro atoms. The number of carbonyl (C=O) groups excluding carboxylic acids is 1. The van der Waals surface area contributed by atoms with Crippen LogP contribution in [-0.4, -0.2) is 54.1 Å². The lowest BCUT2D eigenvalue weighted by molar-refractivity contribution is -0.128. The van der Waals surface area contributed by atoms with E-state index in [1.807, 2.05) is 35.2 Å². The molecule has 0 atom stereocenters. The Kier molecular flexibility index (Phi) is 6.92. The fraction of sp³-hybridized carbons (Fsp3) is 0.450. The maximum absolute atomic E-state index is 12.4. The molecule has 2 aromatic rings. The zero-order chi connectivity index (χ0) is 19.1. The molecule has 27 heavy (non-hydrogen) atoms. The summed E-state index contributed by atoms with van der Waals surface area (Å²) in [6.07, 6.45) is 4.66. The van der Waals surface area contributed by atoms with E-state index >= 15 is 0 Å². The topological polar surface area (TPSA) is 64.5 Å². The molecule has 1 saturated heterocycles. The largest absolute Gasteiger partial charge is 0.493 e. The predicted molar refractivity (Wildman–Crippen MR) is 106 cm³/mol. The van der Waals surface area contributed by atoms with Gasteiger partial charge in [0.1, 0.15) is 5.03 Å². The van der Waals surface area contributed by atoms with Crippen molar-refractivity contribution in [2.45, 2.75) is 30.7 Å². The monoisotopic (exact) mass is 387 g/mol. The molecule has 0 aliphatic carbocycles. The highest BCUT2D eigenvalue weighted by Crippen LogP contribution is 2.31. The lowest BCUT2D eigenvalue weighted by Crippen LogP contribution is -2.33. The van der Waals surface area contributed by atoms with Gasteiger partial charge in [0.25, 0.3) is 0 Å². The highest BCUT2D eigenvalue weighted by molar-refractivity contribution is 7.99. The molecule has 144 valence electrons.